The number of hydrogen-bond acceptors (Lipinski definition) is 8. The first kappa shape index (κ1) is 25.5. The highest BCUT2D eigenvalue weighted by atomic mass is 32.2. The molecule has 2 aromatic carbocycles. The Hall–Kier alpha value is -3.15. The predicted molar refractivity (Wildman–Crippen MR) is 131 cm³/mol. The second-order valence-electron chi connectivity index (χ2n) is 7.17. The average molecular weight is 507 g/mol. The molecule has 34 heavy (non-hydrogen) atoms. The van der Waals surface area contributed by atoms with E-state index >= 15 is 0 Å². The fourth-order valence-corrected chi connectivity index (χ4v) is 5.09. The van der Waals surface area contributed by atoms with E-state index in [1.165, 1.54) is 38.7 Å². The van der Waals surface area contributed by atoms with E-state index in [1.807, 2.05) is 4.57 Å². The molecule has 182 valence electrons. The highest BCUT2D eigenvalue weighted by Crippen LogP contribution is 2.38. The van der Waals surface area contributed by atoms with Crippen molar-refractivity contribution in [2.24, 2.45) is 4.99 Å². The highest BCUT2D eigenvalue weighted by Gasteiger charge is 2.14. The Morgan fingerprint density at radius 1 is 1.06 bits per heavy atom. The number of nitrogens with zero attached hydrogens (tertiary/aromatic N) is 2. The zero-order valence-electron chi connectivity index (χ0n) is 19.5. The molecular weight excluding hydrogens is 480 g/mol. The fraction of sp³-hybridized carbons (Fsp3) is 0.304. The normalized spacial score (nSPS) is 12.4. The van der Waals surface area contributed by atoms with E-state index < -0.39 is 15.7 Å². The summed E-state index contributed by atoms with van der Waals surface area (Å²) in [5.74, 6) is 0.912. The Morgan fingerprint density at radius 3 is 2.29 bits per heavy atom. The van der Waals surface area contributed by atoms with Gasteiger partial charge in [-0.25, -0.2) is 8.42 Å². The SMILES string of the molecule is COCCn1c(=NC(=O)/C=C\c2cc(OC)c(OC)c(OC)c2)sc2cc(S(C)(=O)=O)ccc21. The van der Waals surface area contributed by atoms with Crippen LogP contribution in [-0.4, -0.2) is 60.2 Å². The lowest BCUT2D eigenvalue weighted by Crippen LogP contribution is -2.18. The van der Waals surface area contributed by atoms with Crippen LogP contribution in [0.5, 0.6) is 17.2 Å². The van der Waals surface area contributed by atoms with Crippen LogP contribution in [0.4, 0.5) is 0 Å². The Kier molecular flexibility index (Phi) is 8.13. The molecule has 0 fully saturated rings. The van der Waals surface area contributed by atoms with Crippen LogP contribution in [0.1, 0.15) is 5.56 Å². The Labute approximate surface area is 201 Å². The number of benzene rings is 2. The smallest absolute Gasteiger partial charge is 0.272 e. The van der Waals surface area contributed by atoms with Crippen LogP contribution in [0, 0.1) is 0 Å². The van der Waals surface area contributed by atoms with Crippen molar-refractivity contribution in [1.82, 2.24) is 4.57 Å². The van der Waals surface area contributed by atoms with E-state index in [0.717, 1.165) is 11.8 Å². The lowest BCUT2D eigenvalue weighted by molar-refractivity contribution is -0.113. The number of fused-ring (bicyclic) bond motifs is 1. The van der Waals surface area contributed by atoms with E-state index in [2.05, 4.69) is 4.99 Å². The van der Waals surface area contributed by atoms with E-state index in [0.29, 0.717) is 45.5 Å². The lowest BCUT2D eigenvalue weighted by atomic mass is 10.1. The molecule has 0 aliphatic heterocycles. The van der Waals surface area contributed by atoms with Crippen molar-refractivity contribution in [3.63, 3.8) is 0 Å². The molecule has 0 saturated heterocycles. The van der Waals surface area contributed by atoms with Crippen molar-refractivity contribution >= 4 is 43.4 Å². The van der Waals surface area contributed by atoms with Crippen molar-refractivity contribution in [2.45, 2.75) is 11.4 Å². The molecule has 0 atom stereocenters. The van der Waals surface area contributed by atoms with Crippen molar-refractivity contribution in [2.75, 3.05) is 41.3 Å². The molecule has 0 spiro atoms. The number of hydrogen-bond donors (Lipinski definition) is 0. The van der Waals surface area contributed by atoms with Gasteiger partial charge in [-0.1, -0.05) is 11.3 Å². The van der Waals surface area contributed by atoms with Crippen molar-refractivity contribution in [1.29, 1.82) is 0 Å². The average Bonchev–Trinajstić information content (AvgIpc) is 3.15. The minimum Gasteiger partial charge on any atom is -0.493 e. The van der Waals surface area contributed by atoms with Crippen LogP contribution in [0.2, 0.25) is 0 Å². The lowest BCUT2D eigenvalue weighted by Gasteiger charge is -2.12. The summed E-state index contributed by atoms with van der Waals surface area (Å²) in [4.78, 5) is 17.6. The number of sulfone groups is 1. The molecule has 0 N–H and O–H groups in total. The number of ether oxygens (including phenoxy) is 4. The standard InChI is InChI=1S/C23H26N2O7S2/c1-29-11-10-25-17-8-7-16(34(5,27)28)14-20(17)33-23(25)24-21(26)9-6-15-12-18(30-2)22(32-4)19(13-15)31-3/h6-9,12-14H,10-11H2,1-5H3/b9-6-,24-23?. The van der Waals surface area contributed by atoms with Gasteiger partial charge < -0.3 is 23.5 Å². The third kappa shape index (κ3) is 5.66. The van der Waals surface area contributed by atoms with Crippen LogP contribution in [0.15, 0.2) is 46.3 Å². The molecule has 0 aliphatic rings. The zero-order valence-corrected chi connectivity index (χ0v) is 21.2. The summed E-state index contributed by atoms with van der Waals surface area (Å²) in [6.45, 7) is 0.861. The van der Waals surface area contributed by atoms with Gasteiger partial charge in [0, 0.05) is 26.0 Å². The molecule has 3 rings (SSSR count). The van der Waals surface area contributed by atoms with Crippen LogP contribution >= 0.6 is 11.3 Å². The van der Waals surface area contributed by atoms with Gasteiger partial charge in [0.2, 0.25) is 5.75 Å². The highest BCUT2D eigenvalue weighted by molar-refractivity contribution is 7.90. The van der Waals surface area contributed by atoms with E-state index in [9.17, 15) is 13.2 Å². The third-order valence-corrected chi connectivity index (χ3v) is 7.06. The summed E-state index contributed by atoms with van der Waals surface area (Å²) in [6, 6.07) is 8.29. The van der Waals surface area contributed by atoms with Gasteiger partial charge in [0.25, 0.3) is 5.91 Å². The summed E-state index contributed by atoms with van der Waals surface area (Å²) >= 11 is 1.24. The Morgan fingerprint density at radius 2 is 1.74 bits per heavy atom. The molecule has 0 unspecified atom stereocenters. The summed E-state index contributed by atoms with van der Waals surface area (Å²) in [5.41, 5.74) is 1.44. The van der Waals surface area contributed by atoms with E-state index in [4.69, 9.17) is 18.9 Å². The molecule has 3 aromatic rings. The third-order valence-electron chi connectivity index (χ3n) is 4.91. The van der Waals surface area contributed by atoms with Crippen LogP contribution in [0.25, 0.3) is 16.3 Å². The largest absolute Gasteiger partial charge is 0.493 e. The van der Waals surface area contributed by atoms with Gasteiger partial charge in [-0.05, 0) is 42.0 Å². The first-order valence-corrected chi connectivity index (χ1v) is 12.8. The topological polar surface area (TPSA) is 105 Å². The molecule has 0 aliphatic carbocycles. The number of rotatable bonds is 9. The maximum Gasteiger partial charge on any atom is 0.272 e. The van der Waals surface area contributed by atoms with Gasteiger partial charge in [0.1, 0.15) is 0 Å². The Balaban J connectivity index is 2.01. The molecular formula is C23H26N2O7S2. The van der Waals surface area contributed by atoms with Gasteiger partial charge in [-0.3, -0.25) is 4.79 Å². The summed E-state index contributed by atoms with van der Waals surface area (Å²) in [5, 5.41) is 0. The van der Waals surface area contributed by atoms with E-state index in [-0.39, 0.29) is 4.90 Å². The van der Waals surface area contributed by atoms with Crippen molar-refractivity contribution in [3.8, 4) is 17.2 Å². The van der Waals surface area contributed by atoms with Gasteiger partial charge in [0.15, 0.2) is 26.1 Å². The van der Waals surface area contributed by atoms with Crippen LogP contribution in [-0.2, 0) is 25.9 Å². The molecule has 0 saturated carbocycles. The minimum atomic E-state index is -3.36. The zero-order chi connectivity index (χ0) is 24.9. The van der Waals surface area contributed by atoms with Crippen LogP contribution < -0.4 is 19.0 Å². The monoisotopic (exact) mass is 506 g/mol. The molecule has 9 nitrogen and oxygen atoms in total. The molecule has 0 radical (unpaired) electrons. The minimum absolute atomic E-state index is 0.209. The van der Waals surface area contributed by atoms with Crippen molar-refractivity contribution < 1.29 is 32.2 Å². The summed E-state index contributed by atoms with van der Waals surface area (Å²) in [7, 11) is 2.77. The summed E-state index contributed by atoms with van der Waals surface area (Å²) in [6.07, 6.45) is 4.10. The quantitative estimate of drug-likeness (QED) is 0.411. The first-order valence-electron chi connectivity index (χ1n) is 10.1. The van der Waals surface area contributed by atoms with E-state index in [1.54, 1.807) is 43.5 Å². The van der Waals surface area contributed by atoms with Crippen molar-refractivity contribution in [3.05, 3.63) is 46.8 Å². The fourth-order valence-electron chi connectivity index (χ4n) is 3.26. The number of aromatic nitrogens is 1. The predicted octanol–water partition coefficient (Wildman–Crippen LogP) is 2.92. The Bertz CT molecular complexity index is 1380. The number of methoxy groups -OCH3 is 4. The van der Waals surface area contributed by atoms with Gasteiger partial charge in [-0.15, -0.1) is 0 Å². The summed E-state index contributed by atoms with van der Waals surface area (Å²) < 4.78 is 47.6. The molecule has 1 aromatic heterocycles. The number of amides is 1. The number of carbonyl (C=O) groups is 1. The maximum atomic E-state index is 12.7. The number of carbonyl (C=O) groups excluding carboxylic acids is 1. The first-order chi connectivity index (χ1) is 16.2. The second-order valence-corrected chi connectivity index (χ2v) is 10.2. The second kappa shape index (κ2) is 10.9. The van der Waals surface area contributed by atoms with Gasteiger partial charge in [0.05, 0.1) is 43.0 Å². The molecule has 0 bridgehead atoms. The number of thiazole rings is 1. The molecule has 11 heteroatoms. The molecule has 1 heterocycles. The van der Waals surface area contributed by atoms with Gasteiger partial charge in [-0.2, -0.15) is 4.99 Å². The van der Waals surface area contributed by atoms with Gasteiger partial charge >= 0.3 is 0 Å². The van der Waals surface area contributed by atoms with Crippen LogP contribution in [0.3, 0.4) is 0 Å². The maximum absolute atomic E-state index is 12.7. The molecule has 1 amide bonds.